The highest BCUT2D eigenvalue weighted by molar-refractivity contribution is 5.98. The third kappa shape index (κ3) is 4.10. The minimum atomic E-state index is -0.441. The van der Waals surface area contributed by atoms with Gasteiger partial charge in [0.05, 0.1) is 5.56 Å². The highest BCUT2D eigenvalue weighted by Crippen LogP contribution is 2.10. The van der Waals surface area contributed by atoms with Crippen molar-refractivity contribution in [1.29, 1.82) is 0 Å². The molecular formula is C11H16N4O2. The van der Waals surface area contributed by atoms with E-state index in [0.29, 0.717) is 17.9 Å². The summed E-state index contributed by atoms with van der Waals surface area (Å²) in [4.78, 5) is 26.4. The summed E-state index contributed by atoms with van der Waals surface area (Å²) in [5.74, 6) is -0.176. The number of rotatable bonds is 6. The van der Waals surface area contributed by atoms with Gasteiger partial charge in [0.1, 0.15) is 5.82 Å². The predicted molar refractivity (Wildman–Crippen MR) is 64.5 cm³/mol. The fourth-order valence-corrected chi connectivity index (χ4v) is 1.29. The van der Waals surface area contributed by atoms with Crippen molar-refractivity contribution in [2.24, 2.45) is 5.73 Å². The van der Waals surface area contributed by atoms with E-state index in [1.807, 2.05) is 6.92 Å². The highest BCUT2D eigenvalue weighted by atomic mass is 16.2. The number of primary amides is 1. The van der Waals surface area contributed by atoms with Crippen LogP contribution in [0, 0.1) is 0 Å². The summed E-state index contributed by atoms with van der Waals surface area (Å²) in [6.45, 7) is 2.83. The minimum Gasteiger partial charge on any atom is -0.370 e. The van der Waals surface area contributed by atoms with Crippen LogP contribution in [0.2, 0.25) is 0 Å². The number of anilines is 1. The normalized spacial score (nSPS) is 9.71. The molecule has 0 aliphatic heterocycles. The summed E-state index contributed by atoms with van der Waals surface area (Å²) in [6, 6.07) is 3.36. The van der Waals surface area contributed by atoms with Gasteiger partial charge in [-0.25, -0.2) is 4.98 Å². The van der Waals surface area contributed by atoms with Gasteiger partial charge >= 0.3 is 0 Å². The molecule has 1 aromatic rings. The van der Waals surface area contributed by atoms with Gasteiger partial charge in [0.2, 0.25) is 5.91 Å². The Morgan fingerprint density at radius 2 is 2.24 bits per heavy atom. The molecule has 1 heterocycles. The summed E-state index contributed by atoms with van der Waals surface area (Å²) < 4.78 is 0. The molecule has 0 bridgehead atoms. The molecule has 0 aliphatic rings. The molecular weight excluding hydrogens is 220 g/mol. The van der Waals surface area contributed by atoms with Crippen LogP contribution in [0.5, 0.6) is 0 Å². The van der Waals surface area contributed by atoms with Crippen molar-refractivity contribution in [3.8, 4) is 0 Å². The Bertz CT molecular complexity index is 406. The standard InChI is InChI=1S/C11H16N4O2/c1-2-13-10-8(4-3-6-14-10)11(17)15-7-5-9(12)16/h3-4,6H,2,5,7H2,1H3,(H2,12,16)(H,13,14)(H,15,17). The second-order valence-corrected chi connectivity index (χ2v) is 3.40. The number of aromatic nitrogens is 1. The molecule has 4 N–H and O–H groups in total. The Morgan fingerprint density at radius 3 is 2.88 bits per heavy atom. The van der Waals surface area contributed by atoms with E-state index in [1.165, 1.54) is 0 Å². The van der Waals surface area contributed by atoms with E-state index in [4.69, 9.17) is 5.73 Å². The van der Waals surface area contributed by atoms with Crippen LogP contribution >= 0.6 is 0 Å². The van der Waals surface area contributed by atoms with Crippen LogP contribution in [0.1, 0.15) is 23.7 Å². The zero-order valence-electron chi connectivity index (χ0n) is 9.69. The predicted octanol–water partition coefficient (Wildman–Crippen LogP) is 0.119. The molecule has 0 aliphatic carbocycles. The molecule has 0 saturated carbocycles. The number of carbonyl (C=O) groups is 2. The Hall–Kier alpha value is -2.11. The first-order valence-corrected chi connectivity index (χ1v) is 5.40. The van der Waals surface area contributed by atoms with Gasteiger partial charge in [-0.15, -0.1) is 0 Å². The van der Waals surface area contributed by atoms with Gasteiger partial charge in [0.15, 0.2) is 0 Å². The smallest absolute Gasteiger partial charge is 0.255 e. The topological polar surface area (TPSA) is 97.1 Å². The first-order chi connectivity index (χ1) is 8.15. The third-order valence-corrected chi connectivity index (χ3v) is 2.05. The number of hydrogen-bond donors (Lipinski definition) is 3. The maximum absolute atomic E-state index is 11.8. The molecule has 0 spiro atoms. The van der Waals surface area contributed by atoms with Crippen molar-refractivity contribution in [2.45, 2.75) is 13.3 Å². The zero-order valence-corrected chi connectivity index (χ0v) is 9.69. The fourth-order valence-electron chi connectivity index (χ4n) is 1.29. The molecule has 0 radical (unpaired) electrons. The average molecular weight is 236 g/mol. The number of pyridine rings is 1. The number of nitrogens with zero attached hydrogens (tertiary/aromatic N) is 1. The van der Waals surface area contributed by atoms with Crippen molar-refractivity contribution >= 4 is 17.6 Å². The third-order valence-electron chi connectivity index (χ3n) is 2.05. The number of carbonyl (C=O) groups excluding carboxylic acids is 2. The number of nitrogens with one attached hydrogen (secondary N) is 2. The van der Waals surface area contributed by atoms with Gasteiger partial charge in [0.25, 0.3) is 5.91 Å². The molecule has 0 fully saturated rings. The molecule has 0 saturated heterocycles. The van der Waals surface area contributed by atoms with Crippen LogP contribution in [0.4, 0.5) is 5.82 Å². The van der Waals surface area contributed by atoms with E-state index in [0.717, 1.165) is 0 Å². The molecule has 6 heteroatoms. The Balaban J connectivity index is 2.64. The second-order valence-electron chi connectivity index (χ2n) is 3.40. The Labute approximate surface area is 99.6 Å². The summed E-state index contributed by atoms with van der Waals surface area (Å²) >= 11 is 0. The van der Waals surface area contributed by atoms with Gasteiger partial charge in [-0.05, 0) is 19.1 Å². The lowest BCUT2D eigenvalue weighted by Crippen LogP contribution is -2.28. The van der Waals surface area contributed by atoms with Crippen molar-refractivity contribution in [3.63, 3.8) is 0 Å². The summed E-state index contributed by atoms with van der Waals surface area (Å²) in [5, 5.41) is 5.60. The molecule has 0 atom stereocenters. The summed E-state index contributed by atoms with van der Waals surface area (Å²) in [6.07, 6.45) is 1.74. The maximum atomic E-state index is 11.8. The van der Waals surface area contributed by atoms with Crippen molar-refractivity contribution in [3.05, 3.63) is 23.9 Å². The Morgan fingerprint density at radius 1 is 1.47 bits per heavy atom. The van der Waals surface area contributed by atoms with E-state index >= 15 is 0 Å². The largest absolute Gasteiger partial charge is 0.370 e. The number of hydrogen-bond acceptors (Lipinski definition) is 4. The molecule has 1 aromatic heterocycles. The van der Waals surface area contributed by atoms with Gasteiger partial charge in [-0.1, -0.05) is 0 Å². The van der Waals surface area contributed by atoms with Gasteiger partial charge in [0, 0.05) is 25.7 Å². The summed E-state index contributed by atoms with van der Waals surface area (Å²) in [5.41, 5.74) is 5.44. The van der Waals surface area contributed by atoms with Crippen LogP contribution in [-0.2, 0) is 4.79 Å². The monoisotopic (exact) mass is 236 g/mol. The van der Waals surface area contributed by atoms with Crippen molar-refractivity contribution in [1.82, 2.24) is 10.3 Å². The van der Waals surface area contributed by atoms with E-state index in [2.05, 4.69) is 15.6 Å². The maximum Gasteiger partial charge on any atom is 0.255 e. The molecule has 92 valence electrons. The fraction of sp³-hybridized carbons (Fsp3) is 0.364. The van der Waals surface area contributed by atoms with E-state index in [-0.39, 0.29) is 18.9 Å². The molecule has 1 rings (SSSR count). The molecule has 0 aromatic carbocycles. The SMILES string of the molecule is CCNc1ncccc1C(=O)NCCC(N)=O. The van der Waals surface area contributed by atoms with Crippen molar-refractivity contribution in [2.75, 3.05) is 18.4 Å². The van der Waals surface area contributed by atoms with Gasteiger partial charge < -0.3 is 16.4 Å². The minimum absolute atomic E-state index is 0.128. The lowest BCUT2D eigenvalue weighted by atomic mass is 10.2. The van der Waals surface area contributed by atoms with Crippen LogP contribution in [0.15, 0.2) is 18.3 Å². The van der Waals surface area contributed by atoms with E-state index < -0.39 is 5.91 Å². The lowest BCUT2D eigenvalue weighted by molar-refractivity contribution is -0.117. The lowest BCUT2D eigenvalue weighted by Gasteiger charge is -2.09. The van der Waals surface area contributed by atoms with Gasteiger partial charge in [-0.2, -0.15) is 0 Å². The number of nitrogens with two attached hydrogens (primary N) is 1. The van der Waals surface area contributed by atoms with E-state index in [1.54, 1.807) is 18.3 Å². The second kappa shape index (κ2) is 6.47. The quantitative estimate of drug-likeness (QED) is 0.653. The first kappa shape index (κ1) is 13.0. The molecule has 17 heavy (non-hydrogen) atoms. The zero-order chi connectivity index (χ0) is 12.7. The summed E-state index contributed by atoms with van der Waals surface area (Å²) in [7, 11) is 0. The molecule has 6 nitrogen and oxygen atoms in total. The van der Waals surface area contributed by atoms with Crippen LogP contribution in [-0.4, -0.2) is 29.9 Å². The van der Waals surface area contributed by atoms with E-state index in [9.17, 15) is 9.59 Å². The van der Waals surface area contributed by atoms with Crippen LogP contribution < -0.4 is 16.4 Å². The van der Waals surface area contributed by atoms with Crippen LogP contribution in [0.25, 0.3) is 0 Å². The average Bonchev–Trinajstić information content (AvgIpc) is 2.29. The van der Waals surface area contributed by atoms with Crippen LogP contribution in [0.3, 0.4) is 0 Å². The molecule has 0 unspecified atom stereocenters. The highest BCUT2D eigenvalue weighted by Gasteiger charge is 2.11. The van der Waals surface area contributed by atoms with Crippen molar-refractivity contribution < 1.29 is 9.59 Å². The molecule has 2 amide bonds. The van der Waals surface area contributed by atoms with Gasteiger partial charge in [-0.3, -0.25) is 9.59 Å². The number of amides is 2. The Kier molecular flexibility index (Phi) is 4.93. The first-order valence-electron chi connectivity index (χ1n) is 5.40.